The van der Waals surface area contributed by atoms with E-state index in [4.69, 9.17) is 5.84 Å². The lowest BCUT2D eigenvalue weighted by molar-refractivity contribution is 0.556. The summed E-state index contributed by atoms with van der Waals surface area (Å²) in [5, 5.41) is 7.66. The monoisotopic (exact) mass is 272 g/mol. The zero-order chi connectivity index (χ0) is 13.2. The number of aromatic nitrogens is 2. The molecule has 3 rings (SSSR count). The number of aryl methyl sites for hydroxylation is 1. The Morgan fingerprint density at radius 2 is 2.26 bits per heavy atom. The van der Waals surface area contributed by atoms with Crippen LogP contribution in [0, 0.1) is 0 Å². The molecule has 0 amide bonds. The Kier molecular flexibility index (Phi) is 3.33. The van der Waals surface area contributed by atoms with Gasteiger partial charge in [0.15, 0.2) is 0 Å². The number of nitrogens with one attached hydrogen (secondary N) is 1. The van der Waals surface area contributed by atoms with Gasteiger partial charge in [-0.3, -0.25) is 16.0 Å². The fraction of sp³-hybridized carbons (Fsp3) is 0.214. The highest BCUT2D eigenvalue weighted by Gasteiger charge is 2.15. The van der Waals surface area contributed by atoms with E-state index in [0.29, 0.717) is 0 Å². The molecule has 1 unspecified atom stereocenters. The molecule has 5 heteroatoms. The van der Waals surface area contributed by atoms with Crippen LogP contribution in [0.4, 0.5) is 0 Å². The maximum absolute atomic E-state index is 5.74. The first-order chi connectivity index (χ1) is 9.28. The van der Waals surface area contributed by atoms with Crippen LogP contribution >= 0.6 is 11.3 Å². The molecule has 2 aromatic heterocycles. The molecule has 0 aliphatic rings. The highest BCUT2D eigenvalue weighted by molar-refractivity contribution is 7.17. The van der Waals surface area contributed by atoms with Gasteiger partial charge in [-0.05, 0) is 34.4 Å². The third kappa shape index (κ3) is 2.40. The summed E-state index contributed by atoms with van der Waals surface area (Å²) in [6, 6.07) is 8.53. The predicted octanol–water partition coefficient (Wildman–Crippen LogP) is 2.38. The van der Waals surface area contributed by atoms with Crippen molar-refractivity contribution >= 4 is 21.4 Å². The third-order valence-corrected chi connectivity index (χ3v) is 4.27. The maximum atomic E-state index is 5.74. The molecule has 4 nitrogen and oxygen atoms in total. The molecule has 0 saturated heterocycles. The number of rotatable bonds is 4. The molecule has 1 atom stereocenters. The number of hydrogen-bond acceptors (Lipinski definition) is 4. The second-order valence-electron chi connectivity index (χ2n) is 4.63. The fourth-order valence-electron chi connectivity index (χ4n) is 2.34. The minimum atomic E-state index is 0.111. The molecule has 19 heavy (non-hydrogen) atoms. The van der Waals surface area contributed by atoms with Crippen molar-refractivity contribution in [1.29, 1.82) is 0 Å². The van der Waals surface area contributed by atoms with Crippen molar-refractivity contribution in [3.05, 3.63) is 53.2 Å². The number of nitrogens with two attached hydrogens (primary N) is 1. The van der Waals surface area contributed by atoms with Gasteiger partial charge in [0.05, 0.1) is 12.2 Å². The van der Waals surface area contributed by atoms with Gasteiger partial charge in [-0.25, -0.2) is 0 Å². The molecular formula is C14H16N4S. The number of hydrazine groups is 1. The van der Waals surface area contributed by atoms with Crippen LogP contribution in [0.15, 0.2) is 42.0 Å². The van der Waals surface area contributed by atoms with Crippen molar-refractivity contribution in [3.63, 3.8) is 0 Å². The fourth-order valence-corrected chi connectivity index (χ4v) is 3.35. The van der Waals surface area contributed by atoms with Gasteiger partial charge in [0, 0.05) is 17.9 Å². The van der Waals surface area contributed by atoms with E-state index in [2.05, 4.69) is 40.2 Å². The number of benzene rings is 1. The summed E-state index contributed by atoms with van der Waals surface area (Å²) in [7, 11) is 1.92. The lowest BCUT2D eigenvalue weighted by Gasteiger charge is -2.14. The molecule has 98 valence electrons. The zero-order valence-corrected chi connectivity index (χ0v) is 11.5. The van der Waals surface area contributed by atoms with Gasteiger partial charge in [-0.2, -0.15) is 5.10 Å². The third-order valence-electron chi connectivity index (χ3n) is 3.29. The van der Waals surface area contributed by atoms with Crippen LogP contribution in [0.1, 0.15) is 17.2 Å². The summed E-state index contributed by atoms with van der Waals surface area (Å²) < 4.78 is 3.11. The van der Waals surface area contributed by atoms with Crippen LogP contribution in [-0.4, -0.2) is 9.78 Å². The molecule has 0 bridgehead atoms. The Hall–Kier alpha value is -1.69. The second kappa shape index (κ2) is 5.13. The smallest absolute Gasteiger partial charge is 0.0522 e. The Morgan fingerprint density at radius 1 is 1.42 bits per heavy atom. The Bertz CT molecular complexity index is 685. The van der Waals surface area contributed by atoms with Crippen molar-refractivity contribution in [2.75, 3.05) is 0 Å². The molecule has 2 heterocycles. The number of nitrogens with zero attached hydrogens (tertiary/aromatic N) is 2. The predicted molar refractivity (Wildman–Crippen MR) is 78.8 cm³/mol. The van der Waals surface area contributed by atoms with Gasteiger partial charge in [-0.15, -0.1) is 11.3 Å². The largest absolute Gasteiger partial charge is 0.276 e. The Balaban J connectivity index is 1.93. The van der Waals surface area contributed by atoms with E-state index in [1.165, 1.54) is 21.2 Å². The van der Waals surface area contributed by atoms with Gasteiger partial charge in [0.25, 0.3) is 0 Å². The molecular weight excluding hydrogens is 256 g/mol. The average Bonchev–Trinajstić information content (AvgIpc) is 3.02. The Morgan fingerprint density at radius 3 is 3.00 bits per heavy atom. The van der Waals surface area contributed by atoms with Crippen molar-refractivity contribution in [1.82, 2.24) is 15.2 Å². The van der Waals surface area contributed by atoms with Gasteiger partial charge in [0.2, 0.25) is 0 Å². The summed E-state index contributed by atoms with van der Waals surface area (Å²) in [5.41, 5.74) is 5.36. The molecule has 0 fully saturated rings. The lowest BCUT2D eigenvalue weighted by Crippen LogP contribution is -2.29. The molecule has 1 aromatic carbocycles. The van der Waals surface area contributed by atoms with E-state index in [0.717, 1.165) is 6.42 Å². The van der Waals surface area contributed by atoms with E-state index < -0.39 is 0 Å². The molecule has 0 aliphatic carbocycles. The number of fused-ring (bicyclic) bond motifs is 1. The molecule has 0 spiro atoms. The summed E-state index contributed by atoms with van der Waals surface area (Å²) in [5.74, 6) is 5.74. The van der Waals surface area contributed by atoms with Crippen LogP contribution in [0.3, 0.4) is 0 Å². The lowest BCUT2D eigenvalue weighted by atomic mass is 10.0. The van der Waals surface area contributed by atoms with Crippen LogP contribution in [0.2, 0.25) is 0 Å². The molecule has 3 aromatic rings. The first-order valence-electron chi connectivity index (χ1n) is 6.17. The topological polar surface area (TPSA) is 55.9 Å². The van der Waals surface area contributed by atoms with E-state index in [-0.39, 0.29) is 6.04 Å². The standard InChI is InChI=1S/C14H16N4S/c1-18-8-10(7-16-18)6-13(17-15)12-9-19-14-5-3-2-4-11(12)14/h2-5,7-9,13,17H,6,15H2,1H3. The highest BCUT2D eigenvalue weighted by atomic mass is 32.1. The SMILES string of the molecule is Cn1cc(CC(NN)c2csc3ccccc23)cn1. The van der Waals surface area contributed by atoms with Crippen molar-refractivity contribution in [2.45, 2.75) is 12.5 Å². The molecule has 0 aliphatic heterocycles. The van der Waals surface area contributed by atoms with Gasteiger partial charge < -0.3 is 0 Å². The molecule has 0 radical (unpaired) electrons. The minimum Gasteiger partial charge on any atom is -0.276 e. The molecule has 0 saturated carbocycles. The highest BCUT2D eigenvalue weighted by Crippen LogP contribution is 2.31. The van der Waals surface area contributed by atoms with Gasteiger partial charge in [-0.1, -0.05) is 18.2 Å². The quantitative estimate of drug-likeness (QED) is 0.566. The normalized spacial score (nSPS) is 12.9. The number of thiophene rings is 1. The first kappa shape index (κ1) is 12.3. The summed E-state index contributed by atoms with van der Waals surface area (Å²) in [6.07, 6.45) is 4.75. The van der Waals surface area contributed by atoms with E-state index in [9.17, 15) is 0 Å². The average molecular weight is 272 g/mol. The van der Waals surface area contributed by atoms with E-state index in [1.54, 1.807) is 11.3 Å². The summed E-state index contributed by atoms with van der Waals surface area (Å²) in [4.78, 5) is 0. The van der Waals surface area contributed by atoms with Crippen molar-refractivity contribution in [2.24, 2.45) is 12.9 Å². The van der Waals surface area contributed by atoms with Crippen LogP contribution in [0.25, 0.3) is 10.1 Å². The summed E-state index contributed by atoms with van der Waals surface area (Å²) in [6.45, 7) is 0. The van der Waals surface area contributed by atoms with E-state index >= 15 is 0 Å². The van der Waals surface area contributed by atoms with Crippen molar-refractivity contribution in [3.8, 4) is 0 Å². The van der Waals surface area contributed by atoms with Gasteiger partial charge >= 0.3 is 0 Å². The van der Waals surface area contributed by atoms with Crippen LogP contribution < -0.4 is 11.3 Å². The van der Waals surface area contributed by atoms with E-state index in [1.807, 2.05) is 24.1 Å². The zero-order valence-electron chi connectivity index (χ0n) is 10.7. The van der Waals surface area contributed by atoms with Gasteiger partial charge in [0.1, 0.15) is 0 Å². The van der Waals surface area contributed by atoms with Crippen molar-refractivity contribution < 1.29 is 0 Å². The Labute approximate surface area is 115 Å². The first-order valence-corrected chi connectivity index (χ1v) is 7.05. The number of hydrogen-bond donors (Lipinski definition) is 2. The molecule has 3 N–H and O–H groups in total. The minimum absolute atomic E-state index is 0.111. The summed E-state index contributed by atoms with van der Waals surface area (Å²) >= 11 is 1.76. The second-order valence-corrected chi connectivity index (χ2v) is 5.54. The van der Waals surface area contributed by atoms with Crippen LogP contribution in [-0.2, 0) is 13.5 Å². The maximum Gasteiger partial charge on any atom is 0.0522 e. The van der Waals surface area contributed by atoms with Crippen LogP contribution in [0.5, 0.6) is 0 Å².